The molecule has 1 saturated heterocycles. The van der Waals surface area contributed by atoms with Gasteiger partial charge < -0.3 is 15.0 Å². The van der Waals surface area contributed by atoms with Crippen LogP contribution in [0.4, 0.5) is 0 Å². The number of carbonyl (C=O) groups is 1. The monoisotopic (exact) mass is 485 g/mol. The number of benzene rings is 2. The van der Waals surface area contributed by atoms with Crippen molar-refractivity contribution >= 4 is 15.9 Å². The van der Waals surface area contributed by atoms with Crippen molar-refractivity contribution in [3.63, 3.8) is 0 Å². The summed E-state index contributed by atoms with van der Waals surface area (Å²) in [6, 6.07) is 12.4. The van der Waals surface area contributed by atoms with E-state index >= 15 is 0 Å². The van der Waals surface area contributed by atoms with Gasteiger partial charge in [0.05, 0.1) is 10.9 Å². The maximum absolute atomic E-state index is 13.5. The van der Waals surface area contributed by atoms with E-state index in [4.69, 9.17) is 4.74 Å². The van der Waals surface area contributed by atoms with E-state index in [0.29, 0.717) is 38.2 Å². The van der Waals surface area contributed by atoms with Crippen LogP contribution in [0.2, 0.25) is 0 Å². The summed E-state index contributed by atoms with van der Waals surface area (Å²) in [6.45, 7) is 8.32. The Kier molecular flexibility index (Phi) is 7.03. The molecule has 2 heterocycles. The number of nitrogens with zero attached hydrogens (tertiary/aromatic N) is 2. The minimum absolute atomic E-state index is 0.164. The van der Waals surface area contributed by atoms with Gasteiger partial charge in [0.25, 0.3) is 5.91 Å². The topological polar surface area (TPSA) is 79.0 Å². The number of fused-ring (bicyclic) bond motifs is 1. The van der Waals surface area contributed by atoms with Gasteiger partial charge in [-0.05, 0) is 50.6 Å². The molecule has 1 N–H and O–H groups in total. The number of amides is 1. The maximum atomic E-state index is 13.5. The van der Waals surface area contributed by atoms with E-state index in [1.165, 1.54) is 10.4 Å². The van der Waals surface area contributed by atoms with E-state index in [9.17, 15) is 13.2 Å². The zero-order chi connectivity index (χ0) is 24.5. The van der Waals surface area contributed by atoms with Crippen LogP contribution >= 0.6 is 0 Å². The Bertz CT molecular complexity index is 1150. The van der Waals surface area contributed by atoms with E-state index < -0.39 is 10.0 Å². The number of likely N-dealkylation sites (N-methyl/N-ethyl adjacent to an activating group) is 1. The highest BCUT2D eigenvalue weighted by atomic mass is 32.2. The van der Waals surface area contributed by atoms with Gasteiger partial charge in [0.15, 0.2) is 0 Å². The molecule has 2 aromatic carbocycles. The molecule has 0 aliphatic carbocycles. The molecule has 7 nitrogen and oxygen atoms in total. The highest BCUT2D eigenvalue weighted by Gasteiger charge is 2.39. The summed E-state index contributed by atoms with van der Waals surface area (Å²) in [5, 5.41) is 3.19. The molecule has 34 heavy (non-hydrogen) atoms. The van der Waals surface area contributed by atoms with Crippen LogP contribution in [0.25, 0.3) is 0 Å². The number of aryl methyl sites for hydroxylation is 1. The number of rotatable bonds is 6. The number of nitrogens with one attached hydrogen (secondary N) is 1. The number of sulfonamides is 1. The molecule has 0 radical (unpaired) electrons. The fraction of sp³-hybridized carbons (Fsp3) is 0.500. The van der Waals surface area contributed by atoms with Crippen molar-refractivity contribution in [3.05, 3.63) is 59.2 Å². The van der Waals surface area contributed by atoms with Crippen LogP contribution in [0.5, 0.6) is 5.75 Å². The lowest BCUT2D eigenvalue weighted by atomic mass is 9.83. The van der Waals surface area contributed by atoms with Crippen molar-refractivity contribution in [2.75, 3.05) is 33.2 Å². The molecule has 1 fully saturated rings. The predicted octanol–water partition coefficient (Wildman–Crippen LogP) is 3.74. The fourth-order valence-corrected chi connectivity index (χ4v) is 6.30. The molecule has 2 aliphatic rings. The molecule has 8 heteroatoms. The molecule has 0 bridgehead atoms. The predicted molar refractivity (Wildman–Crippen MR) is 133 cm³/mol. The first-order chi connectivity index (χ1) is 16.2. The zero-order valence-electron chi connectivity index (χ0n) is 20.5. The van der Waals surface area contributed by atoms with Crippen LogP contribution in [-0.2, 0) is 10.0 Å². The molecule has 4 rings (SSSR count). The minimum Gasteiger partial charge on any atom is -0.487 e. The van der Waals surface area contributed by atoms with E-state index in [-0.39, 0.29) is 22.4 Å². The molecule has 2 aromatic rings. The Morgan fingerprint density at radius 1 is 1.09 bits per heavy atom. The van der Waals surface area contributed by atoms with Gasteiger partial charge in [-0.3, -0.25) is 4.79 Å². The fourth-order valence-electron chi connectivity index (χ4n) is 4.85. The second kappa shape index (κ2) is 9.68. The van der Waals surface area contributed by atoms with E-state index in [0.717, 1.165) is 29.7 Å². The number of piperazine rings is 1. The van der Waals surface area contributed by atoms with Crippen molar-refractivity contribution in [1.82, 2.24) is 14.5 Å². The van der Waals surface area contributed by atoms with E-state index in [2.05, 4.69) is 24.1 Å². The third-order valence-corrected chi connectivity index (χ3v) is 9.24. The van der Waals surface area contributed by atoms with Crippen LogP contribution in [0.15, 0.2) is 47.4 Å². The molecule has 0 spiro atoms. The standard InChI is InChI=1S/C26H35N3O4S/c1-5-26(6-2)18-23(21-9-7-8-10-24(21)33-26)27-25(30)22-17-20(12-11-19(22)3)34(31,32)29-15-13-28(4)14-16-29/h7-12,17,23H,5-6,13-16,18H2,1-4H3,(H,27,30)/t23-/m1/s1. The Labute approximate surface area is 203 Å². The highest BCUT2D eigenvalue weighted by molar-refractivity contribution is 7.89. The van der Waals surface area contributed by atoms with E-state index in [1.54, 1.807) is 12.1 Å². The first-order valence-electron chi connectivity index (χ1n) is 12.1. The first-order valence-corrected chi connectivity index (χ1v) is 13.5. The summed E-state index contributed by atoms with van der Waals surface area (Å²) in [5.41, 5.74) is 1.74. The van der Waals surface area contributed by atoms with Crippen LogP contribution < -0.4 is 10.1 Å². The quantitative estimate of drug-likeness (QED) is 0.674. The smallest absolute Gasteiger partial charge is 0.252 e. The lowest BCUT2D eigenvalue weighted by Crippen LogP contribution is -2.47. The number of para-hydroxylation sites is 1. The molecular weight excluding hydrogens is 450 g/mol. The Hall–Kier alpha value is -2.42. The van der Waals surface area contributed by atoms with Gasteiger partial charge in [0, 0.05) is 43.7 Å². The molecule has 1 atom stereocenters. The molecular formula is C26H35N3O4S. The number of hydrogen-bond donors (Lipinski definition) is 1. The van der Waals surface area contributed by atoms with Gasteiger partial charge in [-0.2, -0.15) is 4.31 Å². The molecule has 0 unspecified atom stereocenters. The Morgan fingerprint density at radius 2 is 1.76 bits per heavy atom. The van der Waals surface area contributed by atoms with Crippen molar-refractivity contribution in [1.29, 1.82) is 0 Å². The molecule has 2 aliphatic heterocycles. The van der Waals surface area contributed by atoms with Crippen molar-refractivity contribution in [3.8, 4) is 5.75 Å². The summed E-state index contributed by atoms with van der Waals surface area (Å²) in [6.07, 6.45) is 2.34. The summed E-state index contributed by atoms with van der Waals surface area (Å²) in [7, 11) is -1.68. The Morgan fingerprint density at radius 3 is 2.44 bits per heavy atom. The van der Waals surface area contributed by atoms with Gasteiger partial charge in [0.2, 0.25) is 10.0 Å². The second-order valence-electron chi connectivity index (χ2n) is 9.44. The maximum Gasteiger partial charge on any atom is 0.252 e. The van der Waals surface area contributed by atoms with Crippen molar-refractivity contribution < 1.29 is 17.9 Å². The highest BCUT2D eigenvalue weighted by Crippen LogP contribution is 2.42. The zero-order valence-corrected chi connectivity index (χ0v) is 21.3. The molecule has 184 valence electrons. The third-order valence-electron chi connectivity index (χ3n) is 7.34. The summed E-state index contributed by atoms with van der Waals surface area (Å²) < 4.78 is 34.4. The van der Waals surface area contributed by atoms with Gasteiger partial charge in [-0.15, -0.1) is 0 Å². The lowest BCUT2D eigenvalue weighted by Gasteiger charge is -2.41. The molecule has 0 saturated carbocycles. The van der Waals surface area contributed by atoms with Crippen molar-refractivity contribution in [2.45, 2.75) is 56.6 Å². The van der Waals surface area contributed by atoms with Crippen LogP contribution in [0, 0.1) is 6.92 Å². The minimum atomic E-state index is -3.66. The van der Waals surface area contributed by atoms with Crippen molar-refractivity contribution in [2.24, 2.45) is 0 Å². The summed E-state index contributed by atoms with van der Waals surface area (Å²) in [4.78, 5) is 15.7. The largest absolute Gasteiger partial charge is 0.487 e. The number of hydrogen-bond acceptors (Lipinski definition) is 5. The van der Waals surface area contributed by atoms with Crippen LogP contribution in [-0.4, -0.2) is 62.4 Å². The SMILES string of the molecule is CCC1(CC)C[C@@H](NC(=O)c2cc(S(=O)(=O)N3CCN(C)CC3)ccc2C)c2ccccc2O1. The average Bonchev–Trinajstić information content (AvgIpc) is 2.84. The van der Waals surface area contributed by atoms with Crippen LogP contribution in [0.1, 0.15) is 60.6 Å². The number of carbonyl (C=O) groups excluding carboxylic acids is 1. The van der Waals surface area contributed by atoms with Gasteiger partial charge in [-0.25, -0.2) is 8.42 Å². The second-order valence-corrected chi connectivity index (χ2v) is 11.4. The molecule has 1 amide bonds. The van der Waals surface area contributed by atoms with E-state index in [1.807, 2.05) is 38.2 Å². The molecule has 0 aromatic heterocycles. The first kappa shape index (κ1) is 24.7. The van der Waals surface area contributed by atoms with Gasteiger partial charge >= 0.3 is 0 Å². The van der Waals surface area contributed by atoms with Crippen LogP contribution in [0.3, 0.4) is 0 Å². The number of ether oxygens (including phenoxy) is 1. The lowest BCUT2D eigenvalue weighted by molar-refractivity contribution is 0.0227. The Balaban J connectivity index is 1.61. The summed E-state index contributed by atoms with van der Waals surface area (Å²) >= 11 is 0. The summed E-state index contributed by atoms with van der Waals surface area (Å²) in [5.74, 6) is 0.529. The normalized spacial score (nSPS) is 20.9. The van der Waals surface area contributed by atoms with Gasteiger partial charge in [-0.1, -0.05) is 38.1 Å². The average molecular weight is 486 g/mol. The third kappa shape index (κ3) is 4.72. The van der Waals surface area contributed by atoms with Gasteiger partial charge in [0.1, 0.15) is 11.4 Å².